The van der Waals surface area contributed by atoms with E-state index >= 15 is 0 Å². The molecule has 33 heavy (non-hydrogen) atoms. The van der Waals surface area contributed by atoms with Crippen LogP contribution in [0.5, 0.6) is 0 Å². The van der Waals surface area contributed by atoms with Gasteiger partial charge in [0.05, 0.1) is 54.6 Å². The molecule has 0 saturated carbocycles. The Labute approximate surface area is 186 Å². The van der Waals surface area contributed by atoms with Crippen LogP contribution in [0.25, 0.3) is 0 Å². The summed E-state index contributed by atoms with van der Waals surface area (Å²) in [6.45, 7) is 1.03. The zero-order valence-corrected chi connectivity index (χ0v) is 17.4. The quantitative estimate of drug-likeness (QED) is 0.208. The highest BCUT2D eigenvalue weighted by Gasteiger charge is 2.23. The van der Waals surface area contributed by atoms with Gasteiger partial charge in [-0.15, -0.1) is 0 Å². The van der Waals surface area contributed by atoms with Gasteiger partial charge in [-0.2, -0.15) is 0 Å². The van der Waals surface area contributed by atoms with Crippen LogP contribution in [-0.2, 0) is 16.3 Å². The van der Waals surface area contributed by atoms with Crippen LogP contribution >= 0.6 is 0 Å². The number of H-pyrrole nitrogens is 1. The second-order valence-corrected chi connectivity index (χ2v) is 6.71. The van der Waals surface area contributed by atoms with Crippen molar-refractivity contribution in [1.29, 1.82) is 0 Å². The van der Waals surface area contributed by atoms with E-state index in [2.05, 4.69) is 20.4 Å². The van der Waals surface area contributed by atoms with Crippen molar-refractivity contribution >= 4 is 23.5 Å². The lowest BCUT2D eigenvalue weighted by atomic mass is 10.1. The number of hydrogen-bond acceptors (Lipinski definition) is 7. The van der Waals surface area contributed by atoms with E-state index in [0.29, 0.717) is 11.3 Å². The molecule has 174 valence electrons. The van der Waals surface area contributed by atoms with Crippen LogP contribution in [-0.4, -0.2) is 40.4 Å². The first-order chi connectivity index (χ1) is 15.9. The summed E-state index contributed by atoms with van der Waals surface area (Å²) in [6.07, 6.45) is 3.81. The summed E-state index contributed by atoms with van der Waals surface area (Å²) in [5, 5.41) is 14.8. The minimum absolute atomic E-state index is 0.00468. The lowest BCUT2D eigenvalue weighted by Crippen LogP contribution is -2.26. The molecule has 0 unspecified atom stereocenters. The van der Waals surface area contributed by atoms with Gasteiger partial charge in [-0.3, -0.25) is 9.63 Å². The van der Waals surface area contributed by atoms with E-state index in [4.69, 9.17) is 14.8 Å². The van der Waals surface area contributed by atoms with Crippen molar-refractivity contribution in [1.82, 2.24) is 15.4 Å². The maximum absolute atomic E-state index is 15.0. The number of amides is 1. The van der Waals surface area contributed by atoms with Crippen LogP contribution in [0.3, 0.4) is 0 Å². The molecule has 0 fully saturated rings. The fourth-order valence-electron chi connectivity index (χ4n) is 2.68. The SMILES string of the molecule is Cc1ccc(Nc2c(C(=O)NOCCO)cc(/C=N/OCc3cnc[nH]3)c(F)c2F)c(F)c1. The lowest BCUT2D eigenvalue weighted by molar-refractivity contribution is 0.0168. The molecule has 4 N–H and O–H groups in total. The zero-order valence-electron chi connectivity index (χ0n) is 17.4. The molecular weight excluding hydrogens is 443 g/mol. The number of aryl methyl sites for hydroxylation is 1. The fraction of sp³-hybridized carbons (Fsp3) is 0.190. The molecule has 0 spiro atoms. The number of aliphatic hydroxyl groups excluding tert-OH is 1. The van der Waals surface area contributed by atoms with Crippen molar-refractivity contribution < 1.29 is 32.7 Å². The molecule has 2 aromatic carbocycles. The van der Waals surface area contributed by atoms with E-state index in [1.54, 1.807) is 13.0 Å². The van der Waals surface area contributed by atoms with Crippen LogP contribution in [0.1, 0.15) is 27.2 Å². The Balaban J connectivity index is 1.92. The lowest BCUT2D eigenvalue weighted by Gasteiger charge is -2.15. The summed E-state index contributed by atoms with van der Waals surface area (Å²) < 4.78 is 44.0. The molecule has 0 radical (unpaired) electrons. The number of imidazole rings is 1. The van der Waals surface area contributed by atoms with Crippen molar-refractivity contribution in [2.24, 2.45) is 5.16 Å². The number of nitrogens with one attached hydrogen (secondary N) is 3. The van der Waals surface area contributed by atoms with E-state index in [0.717, 1.165) is 12.3 Å². The van der Waals surface area contributed by atoms with Gasteiger partial charge in [0, 0.05) is 5.56 Å². The Bertz CT molecular complexity index is 1140. The number of nitrogens with zero attached hydrogens (tertiary/aromatic N) is 2. The van der Waals surface area contributed by atoms with Crippen molar-refractivity contribution in [3.8, 4) is 0 Å². The Morgan fingerprint density at radius 1 is 1.27 bits per heavy atom. The van der Waals surface area contributed by atoms with Gasteiger partial charge in [-0.1, -0.05) is 11.2 Å². The van der Waals surface area contributed by atoms with Crippen LogP contribution in [0.4, 0.5) is 24.5 Å². The maximum atomic E-state index is 15.0. The topological polar surface area (TPSA) is 121 Å². The number of rotatable bonds is 10. The predicted octanol–water partition coefficient (Wildman–Crippen LogP) is 3.08. The molecule has 0 aliphatic rings. The highest BCUT2D eigenvalue weighted by atomic mass is 19.2. The standard InChI is InChI=1S/C21H20F3N5O4/c1-12-2-3-17(16(22)6-12)28-20-15(21(31)29-32-5-4-30)7-13(18(23)19(20)24)8-27-33-10-14-9-25-11-26-14/h2-3,6-9,11,28,30H,4-5,10H2,1H3,(H,25,26)(H,29,31)/b27-8+. The maximum Gasteiger partial charge on any atom is 0.277 e. The van der Waals surface area contributed by atoms with Gasteiger partial charge in [0.25, 0.3) is 5.91 Å². The number of carbonyl (C=O) groups excluding carboxylic acids is 1. The van der Waals surface area contributed by atoms with Crippen molar-refractivity contribution in [2.75, 3.05) is 18.5 Å². The first-order valence-electron chi connectivity index (χ1n) is 9.61. The molecular formula is C21H20F3N5O4. The molecule has 0 atom stereocenters. The molecule has 0 bridgehead atoms. The molecule has 12 heteroatoms. The Kier molecular flexibility index (Phi) is 8.00. The summed E-state index contributed by atoms with van der Waals surface area (Å²) >= 11 is 0. The number of aliphatic hydroxyl groups is 1. The minimum atomic E-state index is -1.44. The van der Waals surface area contributed by atoms with Crippen LogP contribution < -0.4 is 10.8 Å². The van der Waals surface area contributed by atoms with Crippen LogP contribution in [0, 0.1) is 24.4 Å². The average molecular weight is 463 g/mol. The van der Waals surface area contributed by atoms with E-state index in [9.17, 15) is 18.0 Å². The second-order valence-electron chi connectivity index (χ2n) is 6.71. The molecule has 9 nitrogen and oxygen atoms in total. The second kappa shape index (κ2) is 11.1. The third-order valence-electron chi connectivity index (χ3n) is 4.26. The van der Waals surface area contributed by atoms with Gasteiger partial charge < -0.3 is 20.2 Å². The van der Waals surface area contributed by atoms with E-state index in [1.807, 2.05) is 5.48 Å². The highest BCUT2D eigenvalue weighted by Crippen LogP contribution is 2.30. The number of oxime groups is 1. The number of benzene rings is 2. The minimum Gasteiger partial charge on any atom is -0.394 e. The zero-order chi connectivity index (χ0) is 23.8. The third kappa shape index (κ3) is 6.08. The Morgan fingerprint density at radius 2 is 2.09 bits per heavy atom. The largest absolute Gasteiger partial charge is 0.394 e. The van der Waals surface area contributed by atoms with E-state index in [1.165, 1.54) is 24.7 Å². The molecule has 1 aromatic heterocycles. The predicted molar refractivity (Wildman–Crippen MR) is 112 cm³/mol. The first-order valence-corrected chi connectivity index (χ1v) is 9.61. The summed E-state index contributed by atoms with van der Waals surface area (Å²) in [6, 6.07) is 5.07. The number of aromatic amines is 1. The summed E-state index contributed by atoms with van der Waals surface area (Å²) in [5.74, 6) is -4.48. The molecule has 0 aliphatic heterocycles. The highest BCUT2D eigenvalue weighted by molar-refractivity contribution is 6.01. The first kappa shape index (κ1) is 23.8. The number of hydroxylamine groups is 1. The summed E-state index contributed by atoms with van der Waals surface area (Å²) in [5.41, 5.74) is 1.62. The molecule has 0 aliphatic carbocycles. The molecule has 3 rings (SSSR count). The van der Waals surface area contributed by atoms with Crippen molar-refractivity contribution in [3.63, 3.8) is 0 Å². The van der Waals surface area contributed by atoms with Crippen LogP contribution in [0.2, 0.25) is 0 Å². The number of carbonyl (C=O) groups is 1. The number of aromatic nitrogens is 2. The number of hydrogen-bond donors (Lipinski definition) is 4. The number of halogens is 3. The fourth-order valence-corrected chi connectivity index (χ4v) is 2.68. The molecule has 1 amide bonds. The average Bonchev–Trinajstić information content (AvgIpc) is 3.31. The molecule has 3 aromatic rings. The summed E-state index contributed by atoms with van der Waals surface area (Å²) in [4.78, 5) is 28.9. The van der Waals surface area contributed by atoms with Gasteiger partial charge >= 0.3 is 0 Å². The normalized spacial score (nSPS) is 11.1. The van der Waals surface area contributed by atoms with Crippen LogP contribution in [0.15, 0.2) is 41.9 Å². The third-order valence-corrected chi connectivity index (χ3v) is 4.26. The van der Waals surface area contributed by atoms with E-state index in [-0.39, 0.29) is 25.5 Å². The molecule has 0 saturated heterocycles. The van der Waals surface area contributed by atoms with Gasteiger partial charge in [-0.05, 0) is 30.7 Å². The molecule has 1 heterocycles. The monoisotopic (exact) mass is 463 g/mol. The van der Waals surface area contributed by atoms with Gasteiger partial charge in [0.1, 0.15) is 5.82 Å². The van der Waals surface area contributed by atoms with Gasteiger partial charge in [-0.25, -0.2) is 23.6 Å². The van der Waals surface area contributed by atoms with Gasteiger partial charge in [0.2, 0.25) is 0 Å². The number of anilines is 2. The Morgan fingerprint density at radius 3 is 2.79 bits per heavy atom. The van der Waals surface area contributed by atoms with Gasteiger partial charge in [0.15, 0.2) is 18.2 Å². The van der Waals surface area contributed by atoms with Crippen molar-refractivity contribution in [3.05, 3.63) is 76.6 Å². The Hall–Kier alpha value is -3.90. The van der Waals surface area contributed by atoms with E-state index < -0.39 is 40.2 Å². The van der Waals surface area contributed by atoms with Crippen molar-refractivity contribution in [2.45, 2.75) is 13.5 Å². The summed E-state index contributed by atoms with van der Waals surface area (Å²) in [7, 11) is 0. The smallest absolute Gasteiger partial charge is 0.277 e.